The number of carboxylic acid groups (broad SMARTS) is 1. The summed E-state index contributed by atoms with van der Waals surface area (Å²) in [5.41, 5.74) is 5.85. The van der Waals surface area contributed by atoms with E-state index in [0.29, 0.717) is 12.2 Å². The molecule has 1 unspecified atom stereocenters. The number of benzene rings is 3. The van der Waals surface area contributed by atoms with E-state index in [0.717, 1.165) is 64.7 Å². The lowest BCUT2D eigenvalue weighted by molar-refractivity contribution is -0.119. The fourth-order valence-electron chi connectivity index (χ4n) is 6.07. The lowest BCUT2D eigenvalue weighted by Gasteiger charge is -2.20. The molecule has 1 aliphatic carbocycles. The van der Waals surface area contributed by atoms with Crippen molar-refractivity contribution in [2.45, 2.75) is 38.1 Å². The number of hydrogen-bond donors (Lipinski definition) is 2. The van der Waals surface area contributed by atoms with Crippen molar-refractivity contribution in [3.63, 3.8) is 0 Å². The Hall–Kier alpha value is -4.91. The molecule has 212 valence electrons. The Balaban J connectivity index is 1.48. The molecule has 1 aliphatic rings. The van der Waals surface area contributed by atoms with Crippen molar-refractivity contribution in [2.75, 3.05) is 12.4 Å². The van der Waals surface area contributed by atoms with Gasteiger partial charge in [-0.3, -0.25) is 9.78 Å². The summed E-state index contributed by atoms with van der Waals surface area (Å²) < 4.78 is 7.85. The van der Waals surface area contributed by atoms with Gasteiger partial charge in [0.25, 0.3) is 0 Å². The molecule has 2 heterocycles. The Labute approximate surface area is 244 Å². The number of anilines is 1. The van der Waals surface area contributed by atoms with E-state index in [4.69, 9.17) is 9.72 Å². The van der Waals surface area contributed by atoms with E-state index in [2.05, 4.69) is 34.3 Å². The quantitative estimate of drug-likeness (QED) is 0.201. The maximum Gasteiger partial charge on any atom is 0.335 e. The number of pyridine rings is 1. The highest BCUT2D eigenvalue weighted by molar-refractivity contribution is 5.96. The number of carbonyl (C=O) groups excluding carboxylic acids is 1. The van der Waals surface area contributed by atoms with Crippen LogP contribution in [-0.4, -0.2) is 33.6 Å². The summed E-state index contributed by atoms with van der Waals surface area (Å²) in [6.45, 7) is 0. The van der Waals surface area contributed by atoms with Gasteiger partial charge in [-0.2, -0.15) is 0 Å². The van der Waals surface area contributed by atoms with Crippen molar-refractivity contribution in [1.29, 1.82) is 0 Å². The summed E-state index contributed by atoms with van der Waals surface area (Å²) in [6.07, 6.45) is 8.53. The van der Waals surface area contributed by atoms with Crippen molar-refractivity contribution in [3.8, 4) is 5.75 Å². The van der Waals surface area contributed by atoms with E-state index < -0.39 is 5.97 Å². The first-order valence-corrected chi connectivity index (χ1v) is 14.3. The summed E-state index contributed by atoms with van der Waals surface area (Å²) in [5.74, 6) is -0.339. The standard InChI is InChI=1S/C35H33N3O4/c1-42-32-20-26(35(40)41)15-14-25(32)19-27-22-38(33(23-9-3-2-4-10-23)30-13-7-8-18-36-30)31-17-16-28(21-29(27)31)37-34(39)24-11-5-6-12-24/h2-4,7-10,13-18,20-22,24,33H,5-6,11-12,19H2,1H3,(H,37,39)(H,40,41). The minimum absolute atomic E-state index is 0.0633. The Kier molecular flexibility index (Phi) is 7.73. The summed E-state index contributed by atoms with van der Waals surface area (Å²) in [5, 5.41) is 13.7. The zero-order valence-electron chi connectivity index (χ0n) is 23.5. The Morgan fingerprint density at radius 2 is 1.76 bits per heavy atom. The number of carbonyl (C=O) groups is 2. The summed E-state index contributed by atoms with van der Waals surface area (Å²) in [4.78, 5) is 29.3. The van der Waals surface area contributed by atoms with Crippen LogP contribution in [0.3, 0.4) is 0 Å². The normalized spacial score (nSPS) is 14.1. The van der Waals surface area contributed by atoms with Gasteiger partial charge in [0.05, 0.1) is 18.4 Å². The van der Waals surface area contributed by atoms with Gasteiger partial charge >= 0.3 is 5.97 Å². The molecule has 1 amide bonds. The van der Waals surface area contributed by atoms with Gasteiger partial charge in [0.1, 0.15) is 11.8 Å². The number of aromatic carboxylic acids is 1. The van der Waals surface area contributed by atoms with Crippen molar-refractivity contribution in [2.24, 2.45) is 5.92 Å². The topological polar surface area (TPSA) is 93.4 Å². The van der Waals surface area contributed by atoms with Gasteiger partial charge in [0, 0.05) is 41.3 Å². The molecule has 6 rings (SSSR count). The zero-order valence-corrected chi connectivity index (χ0v) is 23.5. The third-order valence-electron chi connectivity index (χ3n) is 8.19. The first kappa shape index (κ1) is 27.3. The average Bonchev–Trinajstić information content (AvgIpc) is 3.68. The number of hydrogen-bond acceptors (Lipinski definition) is 4. The average molecular weight is 560 g/mol. The summed E-state index contributed by atoms with van der Waals surface area (Å²) >= 11 is 0. The van der Waals surface area contributed by atoms with Gasteiger partial charge in [-0.1, -0.05) is 55.3 Å². The number of nitrogens with one attached hydrogen (secondary N) is 1. The van der Waals surface area contributed by atoms with Gasteiger partial charge < -0.3 is 19.7 Å². The molecule has 2 aromatic heterocycles. The third-order valence-corrected chi connectivity index (χ3v) is 8.19. The molecule has 1 atom stereocenters. The van der Waals surface area contributed by atoms with Crippen LogP contribution in [0.2, 0.25) is 0 Å². The Bertz CT molecular complexity index is 1680. The second kappa shape index (κ2) is 11.9. The van der Waals surface area contributed by atoms with Crippen LogP contribution in [0.1, 0.15) is 64.5 Å². The number of rotatable bonds is 9. The summed E-state index contributed by atoms with van der Waals surface area (Å²) in [6, 6.07) is 27.1. The fourth-order valence-corrected chi connectivity index (χ4v) is 6.07. The first-order chi connectivity index (χ1) is 20.5. The zero-order chi connectivity index (χ0) is 29.1. The molecule has 0 aliphatic heterocycles. The number of methoxy groups -OCH3 is 1. The fraction of sp³-hybridized carbons (Fsp3) is 0.229. The van der Waals surface area contributed by atoms with Crippen molar-refractivity contribution in [1.82, 2.24) is 9.55 Å². The van der Waals surface area contributed by atoms with Gasteiger partial charge in [0.2, 0.25) is 5.91 Å². The highest BCUT2D eigenvalue weighted by Crippen LogP contribution is 2.36. The molecule has 7 nitrogen and oxygen atoms in total. The molecule has 7 heteroatoms. The Morgan fingerprint density at radius 3 is 2.48 bits per heavy atom. The summed E-state index contributed by atoms with van der Waals surface area (Å²) in [7, 11) is 1.55. The van der Waals surface area contributed by atoms with Crippen molar-refractivity contribution < 1.29 is 19.4 Å². The third kappa shape index (κ3) is 5.50. The molecule has 3 aromatic carbocycles. The van der Waals surface area contributed by atoms with E-state index in [-0.39, 0.29) is 23.4 Å². The molecule has 2 N–H and O–H groups in total. The van der Waals surface area contributed by atoms with Crippen LogP contribution < -0.4 is 10.1 Å². The second-order valence-electron chi connectivity index (χ2n) is 10.8. The van der Waals surface area contributed by atoms with Crippen LogP contribution in [0.15, 0.2) is 97.3 Å². The number of carboxylic acids is 1. The van der Waals surface area contributed by atoms with Crippen molar-refractivity contribution >= 4 is 28.5 Å². The number of amides is 1. The van der Waals surface area contributed by atoms with Crippen LogP contribution in [-0.2, 0) is 11.2 Å². The number of aromatic nitrogens is 2. The number of nitrogens with zero attached hydrogens (tertiary/aromatic N) is 2. The largest absolute Gasteiger partial charge is 0.496 e. The van der Waals surface area contributed by atoms with Crippen LogP contribution >= 0.6 is 0 Å². The Morgan fingerprint density at radius 1 is 0.976 bits per heavy atom. The predicted octanol–water partition coefficient (Wildman–Crippen LogP) is 7.10. The molecule has 0 radical (unpaired) electrons. The van der Waals surface area contributed by atoms with Crippen LogP contribution in [0.4, 0.5) is 5.69 Å². The van der Waals surface area contributed by atoms with E-state index in [1.807, 2.05) is 60.8 Å². The highest BCUT2D eigenvalue weighted by atomic mass is 16.5. The minimum atomic E-state index is -1.000. The molecular formula is C35H33N3O4. The van der Waals surface area contributed by atoms with Gasteiger partial charge in [-0.25, -0.2) is 4.79 Å². The molecule has 5 aromatic rings. The molecule has 0 bridgehead atoms. The highest BCUT2D eigenvalue weighted by Gasteiger charge is 2.25. The van der Waals surface area contributed by atoms with Crippen LogP contribution in [0.5, 0.6) is 5.75 Å². The molecule has 42 heavy (non-hydrogen) atoms. The van der Waals surface area contributed by atoms with Crippen LogP contribution in [0.25, 0.3) is 10.9 Å². The van der Waals surface area contributed by atoms with Gasteiger partial charge in [-0.05, 0) is 72.0 Å². The number of ether oxygens (including phenoxy) is 1. The second-order valence-corrected chi connectivity index (χ2v) is 10.8. The van der Waals surface area contributed by atoms with E-state index >= 15 is 0 Å². The van der Waals surface area contributed by atoms with Crippen LogP contribution in [0, 0.1) is 5.92 Å². The lowest BCUT2D eigenvalue weighted by atomic mass is 10.0. The maximum atomic E-state index is 13.0. The molecule has 0 spiro atoms. The SMILES string of the molecule is COc1cc(C(=O)O)ccc1Cc1cn(C(c2ccccc2)c2ccccn2)c2ccc(NC(=O)C3CCCC3)cc12. The maximum absolute atomic E-state index is 13.0. The van der Waals surface area contributed by atoms with E-state index in [1.54, 1.807) is 19.2 Å². The molecule has 0 saturated heterocycles. The van der Waals surface area contributed by atoms with E-state index in [9.17, 15) is 14.7 Å². The predicted molar refractivity (Wildman–Crippen MR) is 163 cm³/mol. The van der Waals surface area contributed by atoms with Crippen molar-refractivity contribution in [3.05, 3.63) is 125 Å². The smallest absolute Gasteiger partial charge is 0.335 e. The minimum Gasteiger partial charge on any atom is -0.496 e. The molecule has 1 fully saturated rings. The first-order valence-electron chi connectivity index (χ1n) is 14.3. The monoisotopic (exact) mass is 559 g/mol. The van der Waals surface area contributed by atoms with Gasteiger partial charge in [-0.15, -0.1) is 0 Å². The number of fused-ring (bicyclic) bond motifs is 1. The molecule has 1 saturated carbocycles. The molecular weight excluding hydrogens is 526 g/mol. The lowest BCUT2D eigenvalue weighted by Crippen LogP contribution is -2.20. The van der Waals surface area contributed by atoms with Gasteiger partial charge in [0.15, 0.2) is 0 Å². The van der Waals surface area contributed by atoms with E-state index in [1.165, 1.54) is 0 Å².